The Kier molecular flexibility index (Phi) is 6.99. The van der Waals surface area contributed by atoms with Crippen molar-refractivity contribution in [3.8, 4) is 0 Å². The average molecular weight is 403 g/mol. The molecule has 2 aromatic rings. The van der Waals surface area contributed by atoms with Gasteiger partial charge in [-0.3, -0.25) is 4.79 Å². The molecule has 3 rings (SSSR count). The molecule has 152 valence electrons. The van der Waals surface area contributed by atoms with Gasteiger partial charge in [0.05, 0.1) is 5.75 Å². The number of thioether (sulfide) groups is 1. The topological polar surface area (TPSA) is 71.3 Å². The van der Waals surface area contributed by atoms with Gasteiger partial charge in [0.15, 0.2) is 10.9 Å². The molecule has 0 aliphatic heterocycles. The molecular weight excluding hydrogens is 372 g/mol. The molecule has 1 aliphatic rings. The molecule has 2 aromatic heterocycles. The van der Waals surface area contributed by atoms with E-state index in [0.717, 1.165) is 42.1 Å². The van der Waals surface area contributed by atoms with Crippen molar-refractivity contribution in [2.45, 2.75) is 57.4 Å². The number of nitrogens with one attached hydrogen (secondary N) is 1. The van der Waals surface area contributed by atoms with Crippen molar-refractivity contribution < 1.29 is 9.21 Å². The van der Waals surface area contributed by atoms with E-state index in [-0.39, 0.29) is 5.91 Å². The fourth-order valence-corrected chi connectivity index (χ4v) is 3.61. The zero-order chi connectivity index (χ0) is 20.1. The number of aromatic nitrogens is 2. The third-order valence-electron chi connectivity index (χ3n) is 4.87. The molecule has 0 saturated heterocycles. The number of furan rings is 1. The number of anilines is 1. The maximum absolute atomic E-state index is 12.1. The predicted molar refractivity (Wildman–Crippen MR) is 113 cm³/mol. The van der Waals surface area contributed by atoms with Crippen LogP contribution in [0.5, 0.6) is 0 Å². The van der Waals surface area contributed by atoms with E-state index in [2.05, 4.69) is 44.0 Å². The summed E-state index contributed by atoms with van der Waals surface area (Å²) in [6.45, 7) is 11.1. The summed E-state index contributed by atoms with van der Waals surface area (Å²) in [4.78, 5) is 23.8. The largest absolute Gasteiger partial charge is 0.455 e. The molecule has 0 spiro atoms. The van der Waals surface area contributed by atoms with Gasteiger partial charge in [0, 0.05) is 31.4 Å². The Morgan fingerprint density at radius 2 is 2.04 bits per heavy atom. The van der Waals surface area contributed by atoms with Crippen LogP contribution in [0.15, 0.2) is 27.8 Å². The summed E-state index contributed by atoms with van der Waals surface area (Å²) in [5, 5.41) is 3.67. The van der Waals surface area contributed by atoms with Crippen molar-refractivity contribution in [2.75, 3.05) is 24.5 Å². The minimum Gasteiger partial charge on any atom is -0.455 e. The smallest absolute Gasteiger partial charge is 0.287 e. The second kappa shape index (κ2) is 9.45. The van der Waals surface area contributed by atoms with Crippen molar-refractivity contribution in [3.05, 3.63) is 35.4 Å². The molecule has 1 aliphatic carbocycles. The summed E-state index contributed by atoms with van der Waals surface area (Å²) >= 11 is 1.54. The number of carbonyl (C=O) groups excluding carboxylic acids is 1. The summed E-state index contributed by atoms with van der Waals surface area (Å²) in [6, 6.07) is 5.68. The molecule has 1 saturated carbocycles. The van der Waals surface area contributed by atoms with E-state index in [1.165, 1.54) is 24.6 Å². The van der Waals surface area contributed by atoms with Crippen molar-refractivity contribution >= 4 is 23.5 Å². The van der Waals surface area contributed by atoms with Gasteiger partial charge in [-0.05, 0) is 50.7 Å². The number of amides is 1. The van der Waals surface area contributed by atoms with Crippen LogP contribution in [0.25, 0.3) is 0 Å². The van der Waals surface area contributed by atoms with Gasteiger partial charge in [-0.15, -0.1) is 0 Å². The van der Waals surface area contributed by atoms with Crippen molar-refractivity contribution in [1.82, 2.24) is 15.3 Å². The normalized spacial score (nSPS) is 13.8. The highest BCUT2D eigenvalue weighted by Gasteiger charge is 2.22. The summed E-state index contributed by atoms with van der Waals surface area (Å²) in [5.74, 6) is 3.54. The second-order valence-electron chi connectivity index (χ2n) is 7.47. The van der Waals surface area contributed by atoms with Crippen LogP contribution in [0.3, 0.4) is 0 Å². The molecule has 7 heteroatoms. The van der Waals surface area contributed by atoms with Gasteiger partial charge in [-0.25, -0.2) is 9.97 Å². The number of hydrogen-bond acceptors (Lipinski definition) is 6. The van der Waals surface area contributed by atoms with Crippen LogP contribution in [0.4, 0.5) is 5.82 Å². The van der Waals surface area contributed by atoms with E-state index in [0.29, 0.717) is 23.3 Å². The second-order valence-corrected chi connectivity index (χ2v) is 8.41. The number of rotatable bonds is 10. The lowest BCUT2D eigenvalue weighted by atomic mass is 10.1. The fraction of sp³-hybridized carbons (Fsp3) is 0.571. The molecule has 0 atom stereocenters. The van der Waals surface area contributed by atoms with Gasteiger partial charge in [0.25, 0.3) is 5.91 Å². The van der Waals surface area contributed by atoms with Gasteiger partial charge in [-0.1, -0.05) is 25.6 Å². The Hall–Kier alpha value is -2.02. The quantitative estimate of drug-likeness (QED) is 0.467. The van der Waals surface area contributed by atoms with E-state index < -0.39 is 0 Å². The summed E-state index contributed by atoms with van der Waals surface area (Å²) in [7, 11) is 0. The Morgan fingerprint density at radius 3 is 2.68 bits per heavy atom. The highest BCUT2D eigenvalue weighted by molar-refractivity contribution is 7.98. The molecule has 0 unspecified atom stereocenters. The van der Waals surface area contributed by atoms with Crippen LogP contribution in [-0.4, -0.2) is 35.5 Å². The molecule has 2 heterocycles. The number of hydrogen-bond donors (Lipinski definition) is 1. The Labute approximate surface area is 171 Å². The molecule has 28 heavy (non-hydrogen) atoms. The van der Waals surface area contributed by atoms with Crippen molar-refractivity contribution in [3.63, 3.8) is 0 Å². The van der Waals surface area contributed by atoms with E-state index in [9.17, 15) is 4.79 Å². The molecule has 6 nitrogen and oxygen atoms in total. The molecule has 1 N–H and O–H groups in total. The third-order valence-corrected chi connectivity index (χ3v) is 5.74. The highest BCUT2D eigenvalue weighted by Crippen LogP contribution is 2.28. The SMILES string of the molecule is CCN(CC)c1cc(C(C)C)nc(SCc2ccc(C(=O)NCC3CC3)o2)n1. The van der Waals surface area contributed by atoms with Gasteiger partial charge in [0.1, 0.15) is 11.6 Å². The summed E-state index contributed by atoms with van der Waals surface area (Å²) in [5.41, 5.74) is 1.04. The lowest BCUT2D eigenvalue weighted by molar-refractivity contribution is 0.0922. The van der Waals surface area contributed by atoms with Gasteiger partial charge >= 0.3 is 0 Å². The number of nitrogens with zero attached hydrogens (tertiary/aromatic N) is 3. The van der Waals surface area contributed by atoms with E-state index >= 15 is 0 Å². The lowest BCUT2D eigenvalue weighted by Gasteiger charge is -2.21. The first-order chi connectivity index (χ1) is 13.5. The Morgan fingerprint density at radius 1 is 1.29 bits per heavy atom. The van der Waals surface area contributed by atoms with Crippen LogP contribution in [0.2, 0.25) is 0 Å². The first-order valence-corrected chi connectivity index (χ1v) is 11.1. The van der Waals surface area contributed by atoms with Gasteiger partial charge < -0.3 is 14.6 Å². The maximum Gasteiger partial charge on any atom is 0.287 e. The monoisotopic (exact) mass is 402 g/mol. The van der Waals surface area contributed by atoms with E-state index in [1.54, 1.807) is 6.07 Å². The standard InChI is InChI=1S/C21H30N4O2S/c1-5-25(6-2)19-11-17(14(3)4)23-21(24-19)28-13-16-9-10-18(27-16)20(26)22-12-15-7-8-15/h9-11,14-15H,5-8,12-13H2,1-4H3,(H,22,26). The van der Waals surface area contributed by atoms with E-state index in [4.69, 9.17) is 14.4 Å². The Bertz CT molecular complexity index is 797. The highest BCUT2D eigenvalue weighted by atomic mass is 32.2. The zero-order valence-corrected chi connectivity index (χ0v) is 18.0. The van der Waals surface area contributed by atoms with Crippen molar-refractivity contribution in [2.24, 2.45) is 5.92 Å². The molecule has 1 amide bonds. The third kappa shape index (κ3) is 5.50. The van der Waals surface area contributed by atoms with Crippen LogP contribution >= 0.6 is 11.8 Å². The van der Waals surface area contributed by atoms with Gasteiger partial charge in [-0.2, -0.15) is 0 Å². The molecule has 0 bridgehead atoms. The first-order valence-electron chi connectivity index (χ1n) is 10.1. The van der Waals surface area contributed by atoms with Crippen LogP contribution in [-0.2, 0) is 5.75 Å². The maximum atomic E-state index is 12.1. The van der Waals surface area contributed by atoms with Crippen LogP contribution in [0.1, 0.15) is 68.5 Å². The first kappa shape index (κ1) is 20.7. The van der Waals surface area contributed by atoms with Crippen LogP contribution < -0.4 is 10.2 Å². The summed E-state index contributed by atoms with van der Waals surface area (Å²) < 4.78 is 5.72. The summed E-state index contributed by atoms with van der Waals surface area (Å²) in [6.07, 6.45) is 2.43. The Balaban J connectivity index is 1.65. The molecule has 1 fully saturated rings. The average Bonchev–Trinajstić information content (AvgIpc) is 3.40. The minimum absolute atomic E-state index is 0.134. The molecule has 0 aromatic carbocycles. The minimum atomic E-state index is -0.134. The lowest BCUT2D eigenvalue weighted by Crippen LogP contribution is -2.24. The number of carbonyl (C=O) groups is 1. The fourth-order valence-electron chi connectivity index (χ4n) is 2.86. The van der Waals surface area contributed by atoms with Crippen molar-refractivity contribution in [1.29, 1.82) is 0 Å². The molecule has 0 radical (unpaired) electrons. The predicted octanol–water partition coefficient (Wildman–Crippen LogP) is 4.47. The molecular formula is C21H30N4O2S. The van der Waals surface area contributed by atoms with E-state index in [1.807, 2.05) is 6.07 Å². The zero-order valence-electron chi connectivity index (χ0n) is 17.2. The van der Waals surface area contributed by atoms with Gasteiger partial charge in [0.2, 0.25) is 0 Å². The van der Waals surface area contributed by atoms with Crippen LogP contribution in [0, 0.1) is 5.92 Å².